The van der Waals surface area contributed by atoms with Gasteiger partial charge in [-0.15, -0.1) is 0 Å². The van der Waals surface area contributed by atoms with Gasteiger partial charge in [-0.05, 0) is 56.5 Å². The fourth-order valence-corrected chi connectivity index (χ4v) is 2.50. The van der Waals surface area contributed by atoms with Crippen LogP contribution in [0.5, 0.6) is 5.75 Å². The molecule has 2 N–H and O–H groups in total. The van der Waals surface area contributed by atoms with Gasteiger partial charge in [-0.2, -0.15) is 0 Å². The van der Waals surface area contributed by atoms with Gasteiger partial charge < -0.3 is 15.4 Å². The first-order valence-electron chi connectivity index (χ1n) is 8.83. The van der Waals surface area contributed by atoms with Crippen molar-refractivity contribution >= 4 is 5.96 Å². The lowest BCUT2D eigenvalue weighted by atomic mass is 10.1. The number of rotatable bonds is 7. The molecule has 1 aromatic heterocycles. The first-order valence-corrected chi connectivity index (χ1v) is 8.83. The van der Waals surface area contributed by atoms with Crippen molar-refractivity contribution in [1.29, 1.82) is 0 Å². The molecule has 1 unspecified atom stereocenters. The first-order chi connectivity index (χ1) is 12.5. The zero-order chi connectivity index (χ0) is 18.9. The smallest absolute Gasteiger partial charge is 0.191 e. The van der Waals surface area contributed by atoms with Gasteiger partial charge in [0.05, 0.1) is 13.2 Å². The van der Waals surface area contributed by atoms with Crippen molar-refractivity contribution in [3.05, 3.63) is 59.2 Å². The van der Waals surface area contributed by atoms with Crippen molar-refractivity contribution in [1.82, 2.24) is 15.6 Å². The van der Waals surface area contributed by atoms with Gasteiger partial charge in [0.1, 0.15) is 0 Å². The molecule has 5 nitrogen and oxygen atoms in total. The van der Waals surface area contributed by atoms with Crippen LogP contribution in [0.1, 0.15) is 36.7 Å². The van der Waals surface area contributed by atoms with Crippen LogP contribution in [0.4, 0.5) is 4.39 Å². The number of nitrogens with one attached hydrogen (secondary N) is 2. The maximum absolute atomic E-state index is 13.9. The van der Waals surface area contributed by atoms with E-state index in [4.69, 9.17) is 4.74 Å². The number of nitrogens with zero attached hydrogens (tertiary/aromatic N) is 2. The molecule has 2 aromatic rings. The SMILES string of the molecule is CCNC(=NCCc1ccc(C)nc1)NC(C)c1ccc(OC)c(F)c1. The van der Waals surface area contributed by atoms with E-state index in [1.807, 2.05) is 39.1 Å². The van der Waals surface area contributed by atoms with Gasteiger partial charge in [0.15, 0.2) is 17.5 Å². The van der Waals surface area contributed by atoms with Crippen LogP contribution in [-0.2, 0) is 6.42 Å². The van der Waals surface area contributed by atoms with Crippen molar-refractivity contribution in [2.45, 2.75) is 33.2 Å². The maximum atomic E-state index is 13.9. The molecule has 0 aliphatic rings. The molecule has 0 fully saturated rings. The minimum atomic E-state index is -0.368. The third-order valence-electron chi connectivity index (χ3n) is 4.02. The molecule has 0 amide bonds. The number of guanidine groups is 1. The molecule has 0 aliphatic heterocycles. The van der Waals surface area contributed by atoms with Crippen molar-refractivity contribution < 1.29 is 9.13 Å². The van der Waals surface area contributed by atoms with Crippen LogP contribution in [0.2, 0.25) is 0 Å². The predicted octanol–water partition coefficient (Wildman–Crippen LogP) is 3.40. The minimum Gasteiger partial charge on any atom is -0.494 e. The van der Waals surface area contributed by atoms with Gasteiger partial charge >= 0.3 is 0 Å². The number of hydrogen-bond donors (Lipinski definition) is 2. The van der Waals surface area contributed by atoms with Crippen LogP contribution in [-0.4, -0.2) is 31.1 Å². The Hall–Kier alpha value is -2.63. The van der Waals surface area contributed by atoms with Crippen LogP contribution in [0.25, 0.3) is 0 Å². The van der Waals surface area contributed by atoms with Crippen LogP contribution < -0.4 is 15.4 Å². The molecular formula is C20H27FN4O. The third kappa shape index (κ3) is 5.72. The van der Waals surface area contributed by atoms with Gasteiger partial charge in [-0.25, -0.2) is 4.39 Å². The predicted molar refractivity (Wildman–Crippen MR) is 103 cm³/mol. The molecule has 1 aromatic carbocycles. The largest absolute Gasteiger partial charge is 0.494 e. The maximum Gasteiger partial charge on any atom is 0.191 e. The summed E-state index contributed by atoms with van der Waals surface area (Å²) in [6.07, 6.45) is 2.70. The van der Waals surface area contributed by atoms with E-state index in [0.717, 1.165) is 29.8 Å². The summed E-state index contributed by atoms with van der Waals surface area (Å²) in [6, 6.07) is 8.95. The second-order valence-electron chi connectivity index (χ2n) is 6.08. The standard InChI is InChI=1S/C20H27FN4O/c1-5-22-20(23-11-10-16-7-6-14(2)24-13-16)25-15(3)17-8-9-19(26-4)18(21)12-17/h6-9,12-13,15H,5,10-11H2,1-4H3,(H2,22,23,25). The highest BCUT2D eigenvalue weighted by Gasteiger charge is 2.11. The molecule has 1 heterocycles. The molecule has 0 radical (unpaired) electrons. The topological polar surface area (TPSA) is 58.5 Å². The Bertz CT molecular complexity index is 731. The molecule has 2 rings (SSSR count). The molecular weight excluding hydrogens is 331 g/mol. The number of methoxy groups -OCH3 is 1. The van der Waals surface area contributed by atoms with Crippen molar-refractivity contribution in [3.63, 3.8) is 0 Å². The van der Waals surface area contributed by atoms with Crippen LogP contribution in [0, 0.1) is 12.7 Å². The zero-order valence-corrected chi connectivity index (χ0v) is 15.8. The Morgan fingerprint density at radius 3 is 2.73 bits per heavy atom. The lowest BCUT2D eigenvalue weighted by molar-refractivity contribution is 0.386. The summed E-state index contributed by atoms with van der Waals surface area (Å²) in [7, 11) is 1.46. The number of benzene rings is 1. The van der Waals surface area contributed by atoms with E-state index in [9.17, 15) is 4.39 Å². The van der Waals surface area contributed by atoms with Crippen molar-refractivity contribution in [3.8, 4) is 5.75 Å². The number of hydrogen-bond acceptors (Lipinski definition) is 3. The van der Waals surface area contributed by atoms with E-state index in [1.54, 1.807) is 6.07 Å². The van der Waals surface area contributed by atoms with E-state index in [-0.39, 0.29) is 17.6 Å². The summed E-state index contributed by atoms with van der Waals surface area (Å²) >= 11 is 0. The van der Waals surface area contributed by atoms with Gasteiger partial charge in [0.25, 0.3) is 0 Å². The van der Waals surface area contributed by atoms with Gasteiger partial charge in [-0.1, -0.05) is 12.1 Å². The Morgan fingerprint density at radius 2 is 2.12 bits per heavy atom. The zero-order valence-electron chi connectivity index (χ0n) is 15.8. The lowest BCUT2D eigenvalue weighted by Gasteiger charge is -2.18. The van der Waals surface area contributed by atoms with Crippen LogP contribution in [0.15, 0.2) is 41.5 Å². The van der Waals surface area contributed by atoms with Crippen LogP contribution in [0.3, 0.4) is 0 Å². The normalized spacial score (nSPS) is 12.6. The second-order valence-corrected chi connectivity index (χ2v) is 6.08. The van der Waals surface area contributed by atoms with E-state index < -0.39 is 0 Å². The fourth-order valence-electron chi connectivity index (χ4n) is 2.50. The summed E-state index contributed by atoms with van der Waals surface area (Å²) in [5.41, 5.74) is 2.99. The molecule has 0 bridgehead atoms. The van der Waals surface area contributed by atoms with E-state index >= 15 is 0 Å². The first kappa shape index (κ1) is 19.7. The van der Waals surface area contributed by atoms with Gasteiger partial charge in [0, 0.05) is 25.0 Å². The molecule has 0 spiro atoms. The summed E-state index contributed by atoms with van der Waals surface area (Å²) in [6.45, 7) is 7.35. The Kier molecular flexibility index (Phi) is 7.38. The quantitative estimate of drug-likeness (QED) is 0.588. The molecule has 1 atom stereocenters. The molecule has 6 heteroatoms. The molecule has 0 aliphatic carbocycles. The summed E-state index contributed by atoms with van der Waals surface area (Å²) in [5.74, 6) is 0.581. The van der Waals surface area contributed by atoms with E-state index in [0.29, 0.717) is 12.5 Å². The van der Waals surface area contributed by atoms with Gasteiger partial charge in [-0.3, -0.25) is 9.98 Å². The Morgan fingerprint density at radius 1 is 1.31 bits per heavy atom. The molecule has 26 heavy (non-hydrogen) atoms. The summed E-state index contributed by atoms with van der Waals surface area (Å²) < 4.78 is 18.9. The summed E-state index contributed by atoms with van der Waals surface area (Å²) in [5, 5.41) is 6.53. The molecule has 0 saturated carbocycles. The number of halogens is 1. The molecule has 140 valence electrons. The van der Waals surface area contributed by atoms with E-state index in [1.165, 1.54) is 13.2 Å². The number of ether oxygens (including phenoxy) is 1. The number of aliphatic imine (C=N–C) groups is 1. The molecule has 0 saturated heterocycles. The van der Waals surface area contributed by atoms with Crippen LogP contribution >= 0.6 is 0 Å². The highest BCUT2D eigenvalue weighted by molar-refractivity contribution is 5.80. The number of pyridine rings is 1. The van der Waals surface area contributed by atoms with Crippen molar-refractivity contribution in [2.75, 3.05) is 20.2 Å². The lowest BCUT2D eigenvalue weighted by Crippen LogP contribution is -2.38. The Labute approximate surface area is 154 Å². The highest BCUT2D eigenvalue weighted by Crippen LogP contribution is 2.21. The fraction of sp³-hybridized carbons (Fsp3) is 0.400. The second kappa shape index (κ2) is 9.75. The average molecular weight is 358 g/mol. The monoisotopic (exact) mass is 358 g/mol. The number of aryl methyl sites for hydroxylation is 1. The highest BCUT2D eigenvalue weighted by atomic mass is 19.1. The summed E-state index contributed by atoms with van der Waals surface area (Å²) in [4.78, 5) is 8.90. The number of aromatic nitrogens is 1. The van der Waals surface area contributed by atoms with Crippen molar-refractivity contribution in [2.24, 2.45) is 4.99 Å². The third-order valence-corrected chi connectivity index (χ3v) is 4.02. The minimum absolute atomic E-state index is 0.0887. The Balaban J connectivity index is 1.99. The van der Waals surface area contributed by atoms with E-state index in [2.05, 4.69) is 26.7 Å². The van der Waals surface area contributed by atoms with Gasteiger partial charge in [0.2, 0.25) is 0 Å². The average Bonchev–Trinajstić information content (AvgIpc) is 2.63.